The van der Waals surface area contributed by atoms with Crippen molar-refractivity contribution in [2.24, 2.45) is 0 Å². The molecule has 1 aromatic heterocycles. The van der Waals surface area contributed by atoms with Crippen molar-refractivity contribution >= 4 is 43.4 Å². The fourth-order valence-electron chi connectivity index (χ4n) is 7.53. The third-order valence-corrected chi connectivity index (χ3v) is 9.59. The number of aromatic nitrogens is 1. The predicted octanol–water partition coefficient (Wildman–Crippen LogP) is 12.2. The van der Waals surface area contributed by atoms with Gasteiger partial charge in [0.05, 0.1) is 11.0 Å². The van der Waals surface area contributed by atoms with Crippen LogP contribution in [0.2, 0.25) is 0 Å². The van der Waals surface area contributed by atoms with Gasteiger partial charge in [-0.2, -0.15) is 0 Å². The van der Waals surface area contributed by atoms with E-state index in [1.54, 1.807) is 0 Å². The SMILES string of the molecule is c1ccc(-c2ccc3c(c2)-c2cccc4cccc(c24)O3)c(-c2ccc(-n3c4ccccc4c4c5ccccc5ccc43)cc2)c1. The van der Waals surface area contributed by atoms with E-state index in [0.29, 0.717) is 0 Å². The summed E-state index contributed by atoms with van der Waals surface area (Å²) < 4.78 is 8.78. The molecule has 0 saturated heterocycles. The van der Waals surface area contributed by atoms with Crippen LogP contribution in [0.15, 0.2) is 164 Å². The van der Waals surface area contributed by atoms with E-state index in [2.05, 4.69) is 168 Å². The molecule has 1 aliphatic rings. The molecule has 0 radical (unpaired) electrons. The van der Waals surface area contributed by atoms with Gasteiger partial charge in [0.1, 0.15) is 11.5 Å². The van der Waals surface area contributed by atoms with Gasteiger partial charge in [-0.25, -0.2) is 0 Å². The predicted molar refractivity (Wildman–Crippen MR) is 192 cm³/mol. The minimum absolute atomic E-state index is 0.899. The minimum atomic E-state index is 0.899. The molecule has 0 saturated carbocycles. The van der Waals surface area contributed by atoms with Gasteiger partial charge in [0.25, 0.3) is 0 Å². The first-order valence-electron chi connectivity index (χ1n) is 15.8. The summed E-state index contributed by atoms with van der Waals surface area (Å²) in [6.45, 7) is 0. The molecular weight excluding hydrogens is 558 g/mol. The van der Waals surface area contributed by atoms with Crippen molar-refractivity contribution in [3.05, 3.63) is 164 Å². The van der Waals surface area contributed by atoms with Gasteiger partial charge in [0, 0.05) is 27.4 Å². The average Bonchev–Trinajstić information content (AvgIpc) is 3.47. The standard InChI is InChI=1S/C44H27NO/c1-2-14-35-28(9-1)21-25-40-44(35)37-15-5-6-17-39(37)45(40)32-23-19-29(20-24-32)33-12-3-4-13-34(33)31-22-26-41-38(27-31)36-16-7-10-30-11-8-18-42(46-41)43(30)36/h1-27H. The second kappa shape index (κ2) is 9.69. The topological polar surface area (TPSA) is 14.2 Å². The number of rotatable bonds is 3. The van der Waals surface area contributed by atoms with E-state index in [1.807, 2.05) is 0 Å². The van der Waals surface area contributed by atoms with Gasteiger partial charge >= 0.3 is 0 Å². The summed E-state index contributed by atoms with van der Waals surface area (Å²) in [6.07, 6.45) is 0. The van der Waals surface area contributed by atoms with Crippen LogP contribution in [0.4, 0.5) is 0 Å². The Balaban J connectivity index is 1.10. The third-order valence-electron chi connectivity index (χ3n) is 9.59. The Labute approximate surface area is 266 Å². The van der Waals surface area contributed by atoms with Gasteiger partial charge in [-0.05, 0) is 86.4 Å². The summed E-state index contributed by atoms with van der Waals surface area (Å²) in [5.41, 5.74) is 10.7. The van der Waals surface area contributed by atoms with Gasteiger partial charge < -0.3 is 9.30 Å². The van der Waals surface area contributed by atoms with E-state index < -0.39 is 0 Å². The van der Waals surface area contributed by atoms with Crippen molar-refractivity contribution in [2.45, 2.75) is 0 Å². The third kappa shape index (κ3) is 3.65. The fraction of sp³-hybridized carbons (Fsp3) is 0. The monoisotopic (exact) mass is 585 g/mol. The molecule has 46 heavy (non-hydrogen) atoms. The highest BCUT2D eigenvalue weighted by Gasteiger charge is 2.21. The van der Waals surface area contributed by atoms with Crippen molar-refractivity contribution < 1.29 is 4.74 Å². The summed E-state index contributed by atoms with van der Waals surface area (Å²) in [5.74, 6) is 1.82. The number of fused-ring (bicyclic) bond motifs is 7. The van der Waals surface area contributed by atoms with Crippen molar-refractivity contribution in [3.63, 3.8) is 0 Å². The summed E-state index contributed by atoms with van der Waals surface area (Å²) in [4.78, 5) is 0. The zero-order valence-electron chi connectivity index (χ0n) is 24.9. The molecule has 2 heterocycles. The van der Waals surface area contributed by atoms with Gasteiger partial charge in [0.2, 0.25) is 0 Å². The van der Waals surface area contributed by atoms with Crippen molar-refractivity contribution in [1.82, 2.24) is 4.57 Å². The first-order chi connectivity index (χ1) is 22.8. The van der Waals surface area contributed by atoms with Crippen molar-refractivity contribution in [1.29, 1.82) is 0 Å². The summed E-state index contributed by atoms with van der Waals surface area (Å²) in [6, 6.07) is 59.0. The lowest BCUT2D eigenvalue weighted by atomic mass is 9.90. The Bertz CT molecular complexity index is 2660. The Morgan fingerprint density at radius 1 is 0.370 bits per heavy atom. The highest BCUT2D eigenvalue weighted by atomic mass is 16.5. The molecule has 0 atom stereocenters. The lowest BCUT2D eigenvalue weighted by Crippen LogP contribution is -1.97. The van der Waals surface area contributed by atoms with Crippen LogP contribution in [0.5, 0.6) is 11.5 Å². The van der Waals surface area contributed by atoms with Crippen LogP contribution < -0.4 is 4.74 Å². The second-order valence-corrected chi connectivity index (χ2v) is 12.1. The lowest BCUT2D eigenvalue weighted by molar-refractivity contribution is 0.487. The van der Waals surface area contributed by atoms with E-state index >= 15 is 0 Å². The van der Waals surface area contributed by atoms with Crippen LogP contribution in [-0.2, 0) is 0 Å². The van der Waals surface area contributed by atoms with E-state index in [1.165, 1.54) is 71.2 Å². The number of benzene rings is 8. The minimum Gasteiger partial charge on any atom is -0.456 e. The summed E-state index contributed by atoms with van der Waals surface area (Å²) >= 11 is 0. The van der Waals surface area contributed by atoms with E-state index in [4.69, 9.17) is 4.74 Å². The van der Waals surface area contributed by atoms with Gasteiger partial charge in [0.15, 0.2) is 0 Å². The Morgan fingerprint density at radius 2 is 1.04 bits per heavy atom. The molecule has 214 valence electrons. The molecule has 0 fully saturated rings. The van der Waals surface area contributed by atoms with Crippen molar-refractivity contribution in [3.8, 4) is 50.6 Å². The van der Waals surface area contributed by atoms with E-state index in [0.717, 1.165) is 22.7 Å². The van der Waals surface area contributed by atoms with Crippen LogP contribution in [0.3, 0.4) is 0 Å². The zero-order chi connectivity index (χ0) is 30.2. The molecule has 1 aliphatic heterocycles. The van der Waals surface area contributed by atoms with Gasteiger partial charge in [-0.1, -0.05) is 121 Å². The molecule has 0 aliphatic carbocycles. The molecular formula is C44H27NO. The molecule has 8 aromatic carbocycles. The molecule has 0 amide bonds. The normalized spacial score (nSPS) is 12.1. The van der Waals surface area contributed by atoms with Crippen LogP contribution in [0.25, 0.3) is 82.4 Å². The number of hydrogen-bond acceptors (Lipinski definition) is 1. The summed E-state index contributed by atoms with van der Waals surface area (Å²) in [7, 11) is 0. The van der Waals surface area contributed by atoms with E-state index in [-0.39, 0.29) is 0 Å². The lowest BCUT2D eigenvalue weighted by Gasteiger charge is -2.22. The number of para-hydroxylation sites is 1. The smallest absolute Gasteiger partial charge is 0.135 e. The van der Waals surface area contributed by atoms with Gasteiger partial charge in [-0.3, -0.25) is 0 Å². The molecule has 0 bridgehead atoms. The van der Waals surface area contributed by atoms with Crippen molar-refractivity contribution in [2.75, 3.05) is 0 Å². The molecule has 2 heteroatoms. The molecule has 0 unspecified atom stereocenters. The maximum Gasteiger partial charge on any atom is 0.135 e. The average molecular weight is 586 g/mol. The fourth-order valence-corrected chi connectivity index (χ4v) is 7.53. The quantitative estimate of drug-likeness (QED) is 0.201. The first kappa shape index (κ1) is 25.2. The zero-order valence-corrected chi connectivity index (χ0v) is 24.9. The molecule has 10 rings (SSSR count). The summed E-state index contributed by atoms with van der Waals surface area (Å²) in [5, 5.41) is 7.51. The molecule has 9 aromatic rings. The molecule has 0 N–H and O–H groups in total. The Morgan fingerprint density at radius 3 is 1.91 bits per heavy atom. The maximum absolute atomic E-state index is 6.39. The number of ether oxygens (including phenoxy) is 1. The number of nitrogens with zero attached hydrogens (tertiary/aromatic N) is 1. The molecule has 0 spiro atoms. The van der Waals surface area contributed by atoms with E-state index in [9.17, 15) is 0 Å². The first-order valence-corrected chi connectivity index (χ1v) is 15.8. The van der Waals surface area contributed by atoms with Gasteiger partial charge in [-0.15, -0.1) is 0 Å². The second-order valence-electron chi connectivity index (χ2n) is 12.1. The van der Waals surface area contributed by atoms with Crippen LogP contribution in [-0.4, -0.2) is 4.57 Å². The highest BCUT2D eigenvalue weighted by Crippen LogP contribution is 2.48. The molecule has 2 nitrogen and oxygen atoms in total. The maximum atomic E-state index is 6.39. The van der Waals surface area contributed by atoms with Crippen LogP contribution >= 0.6 is 0 Å². The number of hydrogen-bond donors (Lipinski definition) is 0. The Hall–Kier alpha value is -6.12. The van der Waals surface area contributed by atoms with Crippen LogP contribution in [0.1, 0.15) is 0 Å². The largest absolute Gasteiger partial charge is 0.456 e. The highest BCUT2D eigenvalue weighted by molar-refractivity contribution is 6.21. The van der Waals surface area contributed by atoms with Crippen LogP contribution in [0, 0.1) is 0 Å². The Kier molecular flexibility index (Phi) is 5.31.